The van der Waals surface area contributed by atoms with E-state index in [4.69, 9.17) is 4.98 Å². The van der Waals surface area contributed by atoms with Crippen molar-refractivity contribution in [2.24, 2.45) is 0 Å². The van der Waals surface area contributed by atoms with Crippen LogP contribution in [0.2, 0.25) is 0 Å². The summed E-state index contributed by atoms with van der Waals surface area (Å²) in [4.78, 5) is 4.78. The first-order valence-electron chi connectivity index (χ1n) is 21.9. The van der Waals surface area contributed by atoms with E-state index < -0.39 is 0 Å². The maximum atomic E-state index is 11.6. The molecule has 0 amide bonds. The lowest BCUT2D eigenvalue weighted by molar-refractivity contribution is 1.12. The number of pyridine rings is 1. The van der Waals surface area contributed by atoms with Crippen molar-refractivity contribution < 1.29 is 0 Å². The molecule has 0 N–H and O–H groups in total. The van der Waals surface area contributed by atoms with Crippen LogP contribution in [-0.4, -0.2) is 18.7 Å². The SMILES string of the molecule is N#Cc1c(-n2c3ccccc3c3cc(-c4ccccc4)ccc32)cc(-c2ccc(-n3c4ccccc4c4ncccc43)cc2)cc1-n1c2ccccc2c2cc(-c3ccccc3)ccc21. The molecule has 0 aliphatic rings. The lowest BCUT2D eigenvalue weighted by Gasteiger charge is -2.19. The summed E-state index contributed by atoms with van der Waals surface area (Å²) >= 11 is 0. The molecule has 65 heavy (non-hydrogen) atoms. The highest BCUT2D eigenvalue weighted by atomic mass is 15.0. The molecular formula is C60H37N5. The van der Waals surface area contributed by atoms with Crippen molar-refractivity contribution >= 4 is 65.5 Å². The van der Waals surface area contributed by atoms with Gasteiger partial charge in [-0.15, -0.1) is 0 Å². The van der Waals surface area contributed by atoms with Gasteiger partial charge >= 0.3 is 0 Å². The fourth-order valence-corrected chi connectivity index (χ4v) is 10.2. The number of para-hydroxylation sites is 3. The first-order chi connectivity index (χ1) is 32.2. The molecule has 9 aromatic carbocycles. The van der Waals surface area contributed by atoms with E-state index in [0.717, 1.165) is 116 Å². The Morgan fingerprint density at radius 1 is 0.323 bits per heavy atom. The second-order valence-electron chi connectivity index (χ2n) is 16.7. The van der Waals surface area contributed by atoms with Gasteiger partial charge in [0.25, 0.3) is 0 Å². The molecule has 0 saturated carbocycles. The van der Waals surface area contributed by atoms with Crippen molar-refractivity contribution in [1.82, 2.24) is 18.7 Å². The lowest BCUT2D eigenvalue weighted by atomic mass is 9.99. The summed E-state index contributed by atoms with van der Waals surface area (Å²) in [5.74, 6) is 0. The van der Waals surface area contributed by atoms with Crippen LogP contribution in [0, 0.1) is 11.3 Å². The maximum Gasteiger partial charge on any atom is 0.104 e. The van der Waals surface area contributed by atoms with Gasteiger partial charge in [0.1, 0.15) is 11.6 Å². The van der Waals surface area contributed by atoms with Crippen LogP contribution < -0.4 is 0 Å². The Hall–Kier alpha value is -8.98. The number of benzene rings is 9. The van der Waals surface area contributed by atoms with Crippen LogP contribution in [0.4, 0.5) is 0 Å². The van der Waals surface area contributed by atoms with Gasteiger partial charge in [-0.2, -0.15) is 5.26 Å². The van der Waals surface area contributed by atoms with Crippen LogP contribution in [0.15, 0.2) is 225 Å². The minimum Gasteiger partial charge on any atom is -0.308 e. The van der Waals surface area contributed by atoms with Crippen molar-refractivity contribution in [3.8, 4) is 56.5 Å². The molecule has 0 spiro atoms. The molecule has 0 fully saturated rings. The Labute approximate surface area is 374 Å². The molecule has 13 rings (SSSR count). The molecule has 4 aromatic heterocycles. The summed E-state index contributed by atoms with van der Waals surface area (Å²) in [6, 6.07) is 80.2. The van der Waals surface area contributed by atoms with Crippen LogP contribution in [0.5, 0.6) is 0 Å². The van der Waals surface area contributed by atoms with Crippen LogP contribution in [0.25, 0.3) is 116 Å². The standard InChI is InChI=1S/C60H37N5/c61-38-51-58(64-52-21-10-7-18-46(52)49-34-42(27-31-55(49)64)39-14-3-1-4-15-39)36-44(41-25-29-45(30-26-41)63-54-23-12-9-20-48(54)60-57(63)24-13-33-62-60)37-59(51)65-53-22-11-8-19-47(53)50-35-43(28-32-56(50)65)40-16-5-2-6-17-40/h1-37H. The van der Waals surface area contributed by atoms with Crippen molar-refractivity contribution in [2.45, 2.75) is 0 Å². The molecule has 5 nitrogen and oxygen atoms in total. The number of hydrogen-bond donors (Lipinski definition) is 0. The van der Waals surface area contributed by atoms with Gasteiger partial charge in [-0.05, 0) is 112 Å². The van der Waals surface area contributed by atoms with Gasteiger partial charge < -0.3 is 13.7 Å². The Balaban J connectivity index is 1.08. The molecule has 0 bridgehead atoms. The average Bonchev–Trinajstić information content (AvgIpc) is 4.02. The molecule has 5 heteroatoms. The summed E-state index contributed by atoms with van der Waals surface area (Å²) in [6.07, 6.45) is 1.86. The number of nitrogens with zero attached hydrogens (tertiary/aromatic N) is 5. The third-order valence-electron chi connectivity index (χ3n) is 13.1. The minimum absolute atomic E-state index is 0.590. The Morgan fingerprint density at radius 2 is 0.754 bits per heavy atom. The molecule has 4 heterocycles. The highest BCUT2D eigenvalue weighted by Crippen LogP contribution is 2.42. The summed E-state index contributed by atoms with van der Waals surface area (Å²) in [7, 11) is 0. The summed E-state index contributed by atoms with van der Waals surface area (Å²) in [5.41, 5.74) is 17.3. The second-order valence-corrected chi connectivity index (χ2v) is 16.7. The molecule has 13 aromatic rings. The molecule has 0 aliphatic heterocycles. The quantitative estimate of drug-likeness (QED) is 0.168. The van der Waals surface area contributed by atoms with Crippen molar-refractivity contribution in [1.29, 1.82) is 5.26 Å². The molecule has 0 radical (unpaired) electrons. The van der Waals surface area contributed by atoms with Crippen molar-refractivity contribution in [3.63, 3.8) is 0 Å². The Bertz CT molecular complexity index is 3820. The zero-order valence-corrected chi connectivity index (χ0v) is 35.1. The van der Waals surface area contributed by atoms with Gasteiger partial charge in [-0.3, -0.25) is 4.98 Å². The summed E-state index contributed by atoms with van der Waals surface area (Å²) < 4.78 is 6.89. The fourth-order valence-electron chi connectivity index (χ4n) is 10.2. The highest BCUT2D eigenvalue weighted by Gasteiger charge is 2.23. The summed E-state index contributed by atoms with van der Waals surface area (Å²) in [6.45, 7) is 0. The van der Waals surface area contributed by atoms with Crippen LogP contribution in [0.3, 0.4) is 0 Å². The van der Waals surface area contributed by atoms with E-state index >= 15 is 0 Å². The fraction of sp³-hybridized carbons (Fsp3) is 0. The molecule has 0 unspecified atom stereocenters. The predicted molar refractivity (Wildman–Crippen MR) is 268 cm³/mol. The maximum absolute atomic E-state index is 11.6. The van der Waals surface area contributed by atoms with Crippen LogP contribution >= 0.6 is 0 Å². The third-order valence-corrected chi connectivity index (χ3v) is 13.1. The summed E-state index contributed by atoms with van der Waals surface area (Å²) in [5, 5.41) is 17.2. The number of nitriles is 1. The van der Waals surface area contributed by atoms with E-state index in [1.54, 1.807) is 0 Å². The second kappa shape index (κ2) is 14.6. The molecule has 0 saturated heterocycles. The van der Waals surface area contributed by atoms with Gasteiger partial charge in [0, 0.05) is 38.8 Å². The van der Waals surface area contributed by atoms with Gasteiger partial charge in [0.05, 0.1) is 50.0 Å². The zero-order chi connectivity index (χ0) is 43.0. The normalized spacial score (nSPS) is 11.7. The van der Waals surface area contributed by atoms with Gasteiger partial charge in [-0.25, -0.2) is 0 Å². The van der Waals surface area contributed by atoms with E-state index in [-0.39, 0.29) is 0 Å². The Kier molecular flexibility index (Phi) is 8.21. The van der Waals surface area contributed by atoms with Crippen LogP contribution in [-0.2, 0) is 0 Å². The highest BCUT2D eigenvalue weighted by molar-refractivity contribution is 6.13. The monoisotopic (exact) mass is 827 g/mol. The number of rotatable bonds is 6. The molecule has 0 aliphatic carbocycles. The number of fused-ring (bicyclic) bond motifs is 9. The van der Waals surface area contributed by atoms with Gasteiger partial charge in [0.2, 0.25) is 0 Å². The first kappa shape index (κ1) is 36.7. The van der Waals surface area contributed by atoms with E-state index in [1.165, 1.54) is 0 Å². The number of hydrogen-bond acceptors (Lipinski definition) is 2. The van der Waals surface area contributed by atoms with E-state index in [2.05, 4.69) is 232 Å². The molecular weight excluding hydrogens is 791 g/mol. The Morgan fingerprint density at radius 3 is 1.29 bits per heavy atom. The minimum atomic E-state index is 0.590. The smallest absolute Gasteiger partial charge is 0.104 e. The molecule has 302 valence electrons. The van der Waals surface area contributed by atoms with Crippen LogP contribution in [0.1, 0.15) is 5.56 Å². The molecule has 0 atom stereocenters. The third kappa shape index (κ3) is 5.68. The topological polar surface area (TPSA) is 51.5 Å². The predicted octanol–water partition coefficient (Wildman–Crippen LogP) is 15.2. The lowest BCUT2D eigenvalue weighted by Crippen LogP contribution is -2.05. The van der Waals surface area contributed by atoms with E-state index in [9.17, 15) is 5.26 Å². The largest absolute Gasteiger partial charge is 0.308 e. The van der Waals surface area contributed by atoms with E-state index in [1.807, 2.05) is 12.3 Å². The van der Waals surface area contributed by atoms with Crippen molar-refractivity contribution in [2.75, 3.05) is 0 Å². The van der Waals surface area contributed by atoms with Gasteiger partial charge in [0.15, 0.2) is 0 Å². The average molecular weight is 828 g/mol. The van der Waals surface area contributed by atoms with Gasteiger partial charge in [-0.1, -0.05) is 140 Å². The zero-order valence-electron chi connectivity index (χ0n) is 35.1. The van der Waals surface area contributed by atoms with E-state index in [0.29, 0.717) is 5.56 Å². The van der Waals surface area contributed by atoms with Crippen molar-refractivity contribution in [3.05, 3.63) is 230 Å². The number of aromatic nitrogens is 4. The first-order valence-corrected chi connectivity index (χ1v) is 21.9.